The van der Waals surface area contributed by atoms with Gasteiger partial charge in [0.2, 0.25) is 0 Å². The topological polar surface area (TPSA) is 87.1 Å². The molecule has 0 heterocycles. The minimum absolute atomic E-state index is 0.0691. The third-order valence-corrected chi connectivity index (χ3v) is 1.16. The summed E-state index contributed by atoms with van der Waals surface area (Å²) in [4.78, 5) is 13.3. The molecule has 0 saturated carbocycles. The molecule has 0 fully saturated rings. The lowest BCUT2D eigenvalue weighted by Crippen LogP contribution is -2.37. The van der Waals surface area contributed by atoms with E-state index in [0.717, 1.165) is 0 Å². The van der Waals surface area contributed by atoms with E-state index in [1.54, 1.807) is 7.05 Å². The van der Waals surface area contributed by atoms with Gasteiger partial charge in [-0.05, 0) is 12.6 Å². The third-order valence-electron chi connectivity index (χ3n) is 1.16. The molecule has 0 spiro atoms. The van der Waals surface area contributed by atoms with Crippen molar-refractivity contribution in [2.45, 2.75) is 6.04 Å². The SMILES string of the molecule is CNC(CN=[N+]=[N-])C(=O)OC. The minimum atomic E-state index is -0.545. The molecule has 62 valence electrons. The van der Waals surface area contributed by atoms with Crippen molar-refractivity contribution >= 4 is 5.97 Å². The second kappa shape index (κ2) is 5.52. The molecule has 0 saturated heterocycles. The number of ether oxygens (including phenoxy) is 1. The van der Waals surface area contributed by atoms with Gasteiger partial charge in [-0.2, -0.15) is 0 Å². The highest BCUT2D eigenvalue weighted by atomic mass is 16.5. The molecule has 0 amide bonds. The van der Waals surface area contributed by atoms with Gasteiger partial charge in [-0.25, -0.2) is 0 Å². The molecule has 6 heteroatoms. The molecule has 11 heavy (non-hydrogen) atoms. The number of methoxy groups -OCH3 is 1. The van der Waals surface area contributed by atoms with Crippen LogP contribution < -0.4 is 5.32 Å². The zero-order valence-corrected chi connectivity index (χ0v) is 6.44. The van der Waals surface area contributed by atoms with Gasteiger partial charge in [0, 0.05) is 4.91 Å². The first-order valence-electron chi connectivity index (χ1n) is 3.02. The van der Waals surface area contributed by atoms with E-state index in [4.69, 9.17) is 5.53 Å². The molecule has 1 unspecified atom stereocenters. The first-order valence-corrected chi connectivity index (χ1v) is 3.02. The predicted octanol–water partition coefficient (Wildman–Crippen LogP) is 0.0577. The van der Waals surface area contributed by atoms with E-state index in [2.05, 4.69) is 20.1 Å². The smallest absolute Gasteiger partial charge is 0.322 e. The molecule has 0 aromatic heterocycles. The summed E-state index contributed by atoms with van der Waals surface area (Å²) < 4.78 is 4.42. The Balaban J connectivity index is 3.94. The summed E-state index contributed by atoms with van der Waals surface area (Å²) in [6, 6.07) is -0.545. The maximum Gasteiger partial charge on any atom is 0.322 e. The molecule has 6 nitrogen and oxygen atoms in total. The number of carbonyl (C=O) groups is 1. The van der Waals surface area contributed by atoms with Crippen molar-refractivity contribution in [2.24, 2.45) is 5.11 Å². The van der Waals surface area contributed by atoms with Crippen LogP contribution in [0.5, 0.6) is 0 Å². The van der Waals surface area contributed by atoms with E-state index in [-0.39, 0.29) is 6.54 Å². The Kier molecular flexibility index (Phi) is 4.89. The number of rotatable bonds is 4. The lowest BCUT2D eigenvalue weighted by Gasteiger charge is -2.09. The number of hydrogen-bond acceptors (Lipinski definition) is 4. The molecule has 1 atom stereocenters. The van der Waals surface area contributed by atoms with Gasteiger partial charge in [0.05, 0.1) is 13.7 Å². The Morgan fingerprint density at radius 1 is 1.91 bits per heavy atom. The van der Waals surface area contributed by atoms with Crippen LogP contribution in [0.2, 0.25) is 0 Å². The first kappa shape index (κ1) is 9.74. The summed E-state index contributed by atoms with van der Waals surface area (Å²) in [7, 11) is 2.87. The second-order valence-corrected chi connectivity index (χ2v) is 1.78. The van der Waals surface area contributed by atoms with E-state index in [0.29, 0.717) is 0 Å². The summed E-state index contributed by atoms with van der Waals surface area (Å²) in [5.41, 5.74) is 7.94. The lowest BCUT2D eigenvalue weighted by molar-refractivity contribution is -0.142. The number of azide groups is 1. The maximum atomic E-state index is 10.8. The van der Waals surface area contributed by atoms with Crippen LogP contribution in [-0.2, 0) is 9.53 Å². The lowest BCUT2D eigenvalue weighted by atomic mass is 10.3. The fourth-order valence-corrected chi connectivity index (χ4v) is 0.544. The van der Waals surface area contributed by atoms with Gasteiger partial charge in [-0.1, -0.05) is 5.11 Å². The van der Waals surface area contributed by atoms with E-state index in [9.17, 15) is 4.79 Å². The summed E-state index contributed by atoms with van der Waals surface area (Å²) in [6.07, 6.45) is 0. The predicted molar refractivity (Wildman–Crippen MR) is 38.9 cm³/mol. The number of nitrogens with one attached hydrogen (secondary N) is 1. The molecule has 1 N–H and O–H groups in total. The molecule has 0 aromatic carbocycles. The molecule has 0 aromatic rings. The van der Waals surface area contributed by atoms with Crippen molar-refractivity contribution in [1.29, 1.82) is 0 Å². The number of nitrogens with zero attached hydrogens (tertiary/aromatic N) is 3. The number of likely N-dealkylation sites (N-methyl/N-ethyl adjacent to an activating group) is 1. The van der Waals surface area contributed by atoms with Crippen LogP contribution in [0.4, 0.5) is 0 Å². The van der Waals surface area contributed by atoms with E-state index >= 15 is 0 Å². The second-order valence-electron chi connectivity index (χ2n) is 1.78. The number of hydrogen-bond donors (Lipinski definition) is 1. The average Bonchev–Trinajstić information content (AvgIpc) is 2.05. The average molecular weight is 158 g/mol. The monoisotopic (exact) mass is 158 g/mol. The Labute approximate surface area is 64.2 Å². The van der Waals surface area contributed by atoms with E-state index < -0.39 is 12.0 Å². The van der Waals surface area contributed by atoms with Crippen molar-refractivity contribution in [3.63, 3.8) is 0 Å². The van der Waals surface area contributed by atoms with Gasteiger partial charge in [-0.15, -0.1) is 0 Å². The van der Waals surface area contributed by atoms with Crippen molar-refractivity contribution in [1.82, 2.24) is 5.32 Å². The summed E-state index contributed by atoms with van der Waals surface area (Å²) >= 11 is 0. The highest BCUT2D eigenvalue weighted by molar-refractivity contribution is 5.75. The van der Waals surface area contributed by atoms with Crippen LogP contribution in [0.25, 0.3) is 10.4 Å². The van der Waals surface area contributed by atoms with Crippen molar-refractivity contribution in [3.8, 4) is 0 Å². The highest BCUT2D eigenvalue weighted by Gasteiger charge is 2.14. The van der Waals surface area contributed by atoms with Gasteiger partial charge in [-0.3, -0.25) is 4.79 Å². The Hall–Kier alpha value is -1.26. The van der Waals surface area contributed by atoms with Crippen molar-refractivity contribution < 1.29 is 9.53 Å². The van der Waals surface area contributed by atoms with Crippen LogP contribution >= 0.6 is 0 Å². The summed E-state index contributed by atoms with van der Waals surface area (Å²) in [5.74, 6) is -0.431. The number of esters is 1. The van der Waals surface area contributed by atoms with Crippen molar-refractivity contribution in [3.05, 3.63) is 10.4 Å². The molecule has 0 rings (SSSR count). The van der Waals surface area contributed by atoms with E-state index in [1.165, 1.54) is 7.11 Å². The van der Waals surface area contributed by atoms with Crippen LogP contribution in [-0.4, -0.2) is 32.7 Å². The highest BCUT2D eigenvalue weighted by Crippen LogP contribution is 1.87. The zero-order chi connectivity index (χ0) is 8.69. The molecule has 0 aliphatic carbocycles. The molecular formula is C5H10N4O2. The summed E-state index contributed by atoms with van der Waals surface area (Å²) in [6.45, 7) is 0.0691. The minimum Gasteiger partial charge on any atom is -0.468 e. The van der Waals surface area contributed by atoms with Gasteiger partial charge in [0.25, 0.3) is 0 Å². The summed E-state index contributed by atoms with van der Waals surface area (Å²) in [5, 5.41) is 5.88. The fraction of sp³-hybridized carbons (Fsp3) is 0.800. The van der Waals surface area contributed by atoms with Crippen LogP contribution in [0.3, 0.4) is 0 Å². The van der Waals surface area contributed by atoms with Crippen LogP contribution in [0.15, 0.2) is 5.11 Å². The molecular weight excluding hydrogens is 148 g/mol. The van der Waals surface area contributed by atoms with Gasteiger partial charge < -0.3 is 10.1 Å². The Morgan fingerprint density at radius 2 is 2.55 bits per heavy atom. The third kappa shape index (κ3) is 3.44. The van der Waals surface area contributed by atoms with Gasteiger partial charge in [0.1, 0.15) is 6.04 Å². The number of carbonyl (C=O) groups excluding carboxylic acids is 1. The van der Waals surface area contributed by atoms with Gasteiger partial charge >= 0.3 is 5.97 Å². The standard InChI is InChI=1S/C5H10N4O2/c1-7-4(3-8-9-6)5(10)11-2/h4,7H,3H2,1-2H3. The fourth-order valence-electron chi connectivity index (χ4n) is 0.544. The largest absolute Gasteiger partial charge is 0.468 e. The van der Waals surface area contributed by atoms with Crippen LogP contribution in [0, 0.1) is 0 Å². The van der Waals surface area contributed by atoms with Gasteiger partial charge in [0.15, 0.2) is 0 Å². The molecule has 0 aliphatic heterocycles. The molecule has 0 aliphatic rings. The van der Waals surface area contributed by atoms with Crippen molar-refractivity contribution in [2.75, 3.05) is 20.7 Å². The van der Waals surface area contributed by atoms with E-state index in [1.807, 2.05) is 0 Å². The zero-order valence-electron chi connectivity index (χ0n) is 6.44. The quantitative estimate of drug-likeness (QED) is 0.271. The normalized spacial score (nSPS) is 11.5. The maximum absolute atomic E-state index is 10.8. The first-order chi connectivity index (χ1) is 5.26. The molecule has 0 bridgehead atoms. The molecule has 0 radical (unpaired) electrons. The Bertz CT molecular complexity index is 175. The van der Waals surface area contributed by atoms with Crippen LogP contribution in [0.1, 0.15) is 0 Å². The Morgan fingerprint density at radius 3 is 2.91 bits per heavy atom.